The van der Waals surface area contributed by atoms with E-state index in [1.54, 1.807) is 0 Å². The summed E-state index contributed by atoms with van der Waals surface area (Å²) in [4.78, 5) is 12.3. The van der Waals surface area contributed by atoms with Crippen molar-refractivity contribution in [2.24, 2.45) is 11.1 Å². The fraction of sp³-hybridized carbons (Fsp3) is 0.450. The van der Waals surface area contributed by atoms with Gasteiger partial charge >= 0.3 is 0 Å². The molecule has 0 aliphatic heterocycles. The van der Waals surface area contributed by atoms with Crippen molar-refractivity contribution in [1.82, 2.24) is 0 Å². The Morgan fingerprint density at radius 1 is 1.14 bits per heavy atom. The predicted molar refractivity (Wildman–Crippen MR) is 98.2 cm³/mol. The van der Waals surface area contributed by atoms with Gasteiger partial charge in [-0.1, -0.05) is 77.1 Å². The van der Waals surface area contributed by atoms with Crippen LogP contribution < -0.4 is 5.73 Å². The van der Waals surface area contributed by atoms with Crippen molar-refractivity contribution in [2.75, 3.05) is 0 Å². The lowest BCUT2D eigenvalue weighted by Crippen LogP contribution is -2.41. The Hall–Kier alpha value is -1.67. The average Bonchev–Trinajstić information content (AvgIpc) is 2.55. The molecule has 0 aliphatic carbocycles. The van der Waals surface area contributed by atoms with Crippen molar-refractivity contribution >= 4 is 16.6 Å². The molecule has 2 rings (SSSR count). The molecule has 0 amide bonds. The summed E-state index contributed by atoms with van der Waals surface area (Å²) in [6.45, 7) is 9.96. The van der Waals surface area contributed by atoms with E-state index < -0.39 is 6.04 Å². The summed E-state index contributed by atoms with van der Waals surface area (Å²) in [6.07, 6.45) is 1.42. The van der Waals surface area contributed by atoms with Crippen LogP contribution in [0, 0.1) is 5.41 Å². The Kier molecular flexibility index (Phi) is 6.76. The zero-order chi connectivity index (χ0) is 16.8. The van der Waals surface area contributed by atoms with E-state index in [0.29, 0.717) is 6.42 Å². The van der Waals surface area contributed by atoms with E-state index in [9.17, 15) is 4.79 Å². The minimum Gasteiger partial charge on any atom is -0.321 e. The average molecular weight is 301 g/mol. The summed E-state index contributed by atoms with van der Waals surface area (Å²) in [6, 6.07) is 14.1. The lowest BCUT2D eigenvalue weighted by atomic mass is 9.80. The Labute approximate surface area is 136 Å². The Bertz CT molecular complexity index is 622. The zero-order valence-corrected chi connectivity index (χ0v) is 14.5. The molecule has 22 heavy (non-hydrogen) atoms. The molecule has 0 spiro atoms. The van der Waals surface area contributed by atoms with Gasteiger partial charge in [0.2, 0.25) is 0 Å². The molecule has 0 saturated carbocycles. The normalized spacial score (nSPS) is 12.5. The van der Waals surface area contributed by atoms with E-state index in [1.807, 2.05) is 46.8 Å². The molecule has 2 heteroatoms. The highest BCUT2D eigenvalue weighted by atomic mass is 16.1. The van der Waals surface area contributed by atoms with Gasteiger partial charge in [0.05, 0.1) is 6.04 Å². The van der Waals surface area contributed by atoms with Crippen LogP contribution in [-0.4, -0.2) is 11.8 Å². The van der Waals surface area contributed by atoms with E-state index in [-0.39, 0.29) is 12.6 Å². The fourth-order valence-electron chi connectivity index (χ4n) is 2.39. The fourth-order valence-corrected chi connectivity index (χ4v) is 2.39. The Balaban J connectivity index is 0.00000155. The molecule has 1 unspecified atom stereocenters. The topological polar surface area (TPSA) is 43.1 Å². The molecule has 2 aromatic rings. The highest BCUT2D eigenvalue weighted by Gasteiger charge is 2.29. The summed E-state index contributed by atoms with van der Waals surface area (Å²) in [5.74, 6) is 0.146. The first-order valence-corrected chi connectivity index (χ1v) is 8.21. The molecule has 0 aromatic heterocycles. The third-order valence-electron chi connectivity index (χ3n) is 4.16. The number of benzene rings is 2. The van der Waals surface area contributed by atoms with Gasteiger partial charge in [0.15, 0.2) is 5.78 Å². The molecule has 2 aromatic carbocycles. The largest absolute Gasteiger partial charge is 0.321 e. The van der Waals surface area contributed by atoms with Crippen LogP contribution in [0.2, 0.25) is 0 Å². The quantitative estimate of drug-likeness (QED) is 0.845. The zero-order valence-electron chi connectivity index (χ0n) is 14.5. The standard InChI is InChI=1S/C18H23NO.C2H6.H2/c1-4-18(2,3)17(20)16(19)12-13-9-10-14-7-5-6-8-15(14)11-13;1-2;/h5-11,16H,4,12,19H2,1-3H3;1-2H3;1H. The van der Waals surface area contributed by atoms with Gasteiger partial charge in [0, 0.05) is 6.84 Å². The van der Waals surface area contributed by atoms with Crippen molar-refractivity contribution < 1.29 is 6.22 Å². The first-order valence-electron chi connectivity index (χ1n) is 8.21. The summed E-state index contributed by atoms with van der Waals surface area (Å²) >= 11 is 0. The van der Waals surface area contributed by atoms with Crippen LogP contribution in [0.1, 0.15) is 48.0 Å². The lowest BCUT2D eigenvalue weighted by Gasteiger charge is -2.25. The monoisotopic (exact) mass is 301 g/mol. The van der Waals surface area contributed by atoms with Gasteiger partial charge in [-0.05, 0) is 29.2 Å². The number of Topliss-reactive ketones (excluding diaryl/α,β-unsaturated/α-hetero) is 1. The molecule has 122 valence electrons. The summed E-state index contributed by atoms with van der Waals surface area (Å²) in [5, 5.41) is 2.41. The maximum atomic E-state index is 12.3. The van der Waals surface area contributed by atoms with Gasteiger partial charge in [0.1, 0.15) is 0 Å². The molecule has 0 aliphatic rings. The second-order valence-electron chi connectivity index (χ2n) is 6.09. The van der Waals surface area contributed by atoms with Crippen molar-refractivity contribution in [3.63, 3.8) is 0 Å². The number of carbonyl (C=O) groups is 1. The van der Waals surface area contributed by atoms with Crippen molar-refractivity contribution in [3.8, 4) is 0 Å². The highest BCUT2D eigenvalue weighted by Crippen LogP contribution is 2.24. The molecular weight excluding hydrogens is 270 g/mol. The van der Waals surface area contributed by atoms with Gasteiger partial charge in [0.25, 0.3) is 0 Å². The van der Waals surface area contributed by atoms with Crippen LogP contribution in [0.4, 0.5) is 0 Å². The first-order chi connectivity index (χ1) is 10.4. The number of carbonyl (C=O) groups excluding carboxylic acids is 1. The van der Waals surface area contributed by atoms with Crippen LogP contribution in [0.5, 0.6) is 0 Å². The van der Waals surface area contributed by atoms with Crippen LogP contribution >= 0.6 is 0 Å². The van der Waals surface area contributed by atoms with Crippen molar-refractivity contribution in [3.05, 3.63) is 48.0 Å². The van der Waals surface area contributed by atoms with Crippen LogP contribution in [-0.2, 0) is 11.2 Å². The number of hydrogen-bond donors (Lipinski definition) is 1. The van der Waals surface area contributed by atoms with Crippen LogP contribution in [0.3, 0.4) is 0 Å². The molecule has 0 fully saturated rings. The molecule has 0 saturated heterocycles. The van der Waals surface area contributed by atoms with E-state index in [1.165, 1.54) is 10.8 Å². The molecular formula is C20H31NO. The van der Waals surface area contributed by atoms with Crippen molar-refractivity contribution in [1.29, 1.82) is 0 Å². The molecule has 0 bridgehead atoms. The molecule has 2 nitrogen and oxygen atoms in total. The van der Waals surface area contributed by atoms with Crippen LogP contribution in [0.25, 0.3) is 10.8 Å². The summed E-state index contributed by atoms with van der Waals surface area (Å²) < 4.78 is 0. The minimum absolute atomic E-state index is 0. The summed E-state index contributed by atoms with van der Waals surface area (Å²) in [5.41, 5.74) is 6.89. The third-order valence-corrected chi connectivity index (χ3v) is 4.16. The maximum absolute atomic E-state index is 12.3. The molecule has 0 radical (unpaired) electrons. The Morgan fingerprint density at radius 3 is 2.32 bits per heavy atom. The van der Waals surface area contributed by atoms with Gasteiger partial charge in [-0.15, -0.1) is 0 Å². The first kappa shape index (κ1) is 18.4. The second-order valence-corrected chi connectivity index (χ2v) is 6.09. The van der Waals surface area contributed by atoms with Crippen molar-refractivity contribution in [2.45, 2.75) is 53.5 Å². The number of fused-ring (bicyclic) bond motifs is 1. The number of ketones is 1. The second kappa shape index (κ2) is 8.09. The van der Waals surface area contributed by atoms with Crippen LogP contribution in [0.15, 0.2) is 42.5 Å². The molecule has 2 N–H and O–H groups in total. The molecule has 1 atom stereocenters. The van der Waals surface area contributed by atoms with E-state index in [0.717, 1.165) is 12.0 Å². The smallest absolute Gasteiger partial charge is 0.155 e. The van der Waals surface area contributed by atoms with Gasteiger partial charge in [-0.25, -0.2) is 0 Å². The van der Waals surface area contributed by atoms with E-state index in [4.69, 9.17) is 5.73 Å². The lowest BCUT2D eigenvalue weighted by molar-refractivity contribution is -0.128. The number of hydrogen-bond acceptors (Lipinski definition) is 2. The highest BCUT2D eigenvalue weighted by molar-refractivity contribution is 5.89. The third kappa shape index (κ3) is 4.41. The minimum atomic E-state index is -0.425. The SMILES string of the molecule is CC.CCC(C)(C)C(=O)C(N)Cc1ccc2ccccc2c1.[HH]. The number of rotatable bonds is 5. The van der Waals surface area contributed by atoms with Gasteiger partial charge in [-0.2, -0.15) is 0 Å². The molecule has 0 heterocycles. The Morgan fingerprint density at radius 2 is 1.73 bits per heavy atom. The van der Waals surface area contributed by atoms with E-state index >= 15 is 0 Å². The van der Waals surface area contributed by atoms with E-state index in [2.05, 4.69) is 30.3 Å². The number of nitrogens with two attached hydrogens (primary N) is 1. The van der Waals surface area contributed by atoms with Gasteiger partial charge in [-0.3, -0.25) is 4.79 Å². The maximum Gasteiger partial charge on any atom is 0.155 e. The van der Waals surface area contributed by atoms with Gasteiger partial charge < -0.3 is 5.73 Å². The predicted octanol–water partition coefficient (Wildman–Crippen LogP) is 4.99. The summed E-state index contributed by atoms with van der Waals surface area (Å²) in [7, 11) is 0.